The van der Waals surface area contributed by atoms with E-state index in [9.17, 15) is 19.8 Å². The lowest BCUT2D eigenvalue weighted by molar-refractivity contribution is -0.141. The van der Waals surface area contributed by atoms with E-state index in [1.54, 1.807) is 0 Å². The summed E-state index contributed by atoms with van der Waals surface area (Å²) in [6.45, 7) is 1.64. The van der Waals surface area contributed by atoms with Crippen LogP contribution in [-0.4, -0.2) is 63.8 Å². The first-order valence-corrected chi connectivity index (χ1v) is 7.99. The van der Waals surface area contributed by atoms with Crippen LogP contribution in [0.1, 0.15) is 44.9 Å². The molecule has 2 saturated heterocycles. The topological polar surface area (TPSA) is 81.1 Å². The summed E-state index contributed by atoms with van der Waals surface area (Å²) < 4.78 is 0. The summed E-state index contributed by atoms with van der Waals surface area (Å²) in [5.74, 6) is 0.148. The zero-order valence-corrected chi connectivity index (χ0v) is 12.3. The lowest BCUT2D eigenvalue weighted by Gasteiger charge is -2.39. The monoisotopic (exact) mass is 296 g/mol. The Balaban J connectivity index is 1.69. The molecule has 0 aromatic heterocycles. The van der Waals surface area contributed by atoms with Crippen LogP contribution in [0.5, 0.6) is 0 Å². The van der Waals surface area contributed by atoms with E-state index >= 15 is 0 Å². The van der Waals surface area contributed by atoms with Crippen molar-refractivity contribution in [2.24, 2.45) is 5.41 Å². The summed E-state index contributed by atoms with van der Waals surface area (Å²) in [7, 11) is 0. The highest BCUT2D eigenvalue weighted by Gasteiger charge is 2.51. The molecular weight excluding hydrogens is 272 g/mol. The van der Waals surface area contributed by atoms with Gasteiger partial charge in [-0.15, -0.1) is 0 Å². The van der Waals surface area contributed by atoms with Crippen molar-refractivity contribution in [3.8, 4) is 0 Å². The Hall–Kier alpha value is -1.30. The molecular formula is C15H24N2O4. The molecule has 0 unspecified atom stereocenters. The summed E-state index contributed by atoms with van der Waals surface area (Å²) in [6.07, 6.45) is 4.49. The van der Waals surface area contributed by atoms with Gasteiger partial charge >= 0.3 is 6.09 Å². The number of nitrogens with zero attached hydrogens (tertiary/aromatic N) is 2. The largest absolute Gasteiger partial charge is 0.465 e. The second-order valence-electron chi connectivity index (χ2n) is 6.80. The predicted molar refractivity (Wildman–Crippen MR) is 75.9 cm³/mol. The van der Waals surface area contributed by atoms with Crippen LogP contribution in [0, 0.1) is 5.41 Å². The molecule has 3 fully saturated rings. The predicted octanol–water partition coefficient (Wildman–Crippen LogP) is 1.28. The molecule has 1 aliphatic carbocycles. The normalized spacial score (nSPS) is 37.3. The Morgan fingerprint density at radius 1 is 1.14 bits per heavy atom. The first-order valence-electron chi connectivity index (χ1n) is 7.99. The Labute approximate surface area is 124 Å². The number of aliphatic hydroxyl groups excluding tert-OH is 1. The lowest BCUT2D eigenvalue weighted by Crippen LogP contribution is -2.51. The third-order valence-electron chi connectivity index (χ3n) is 5.50. The van der Waals surface area contributed by atoms with E-state index in [1.165, 1.54) is 4.90 Å². The zero-order valence-electron chi connectivity index (χ0n) is 12.3. The first-order chi connectivity index (χ1) is 10.0. The van der Waals surface area contributed by atoms with E-state index < -0.39 is 11.5 Å². The number of rotatable bonds is 1. The van der Waals surface area contributed by atoms with E-state index in [0.29, 0.717) is 13.1 Å². The smallest absolute Gasteiger partial charge is 0.407 e. The average Bonchev–Trinajstić information content (AvgIpc) is 2.77. The molecule has 1 atom stereocenters. The van der Waals surface area contributed by atoms with Crippen LogP contribution in [0.2, 0.25) is 0 Å². The molecule has 6 nitrogen and oxygen atoms in total. The molecule has 3 aliphatic rings. The Bertz CT molecular complexity index is 433. The van der Waals surface area contributed by atoms with Crippen LogP contribution in [-0.2, 0) is 4.79 Å². The number of hydrogen-bond donors (Lipinski definition) is 2. The van der Waals surface area contributed by atoms with Crippen molar-refractivity contribution in [2.75, 3.05) is 19.6 Å². The van der Waals surface area contributed by atoms with E-state index in [2.05, 4.69) is 0 Å². The Morgan fingerprint density at radius 2 is 1.86 bits per heavy atom. The van der Waals surface area contributed by atoms with Gasteiger partial charge in [-0.3, -0.25) is 4.79 Å². The van der Waals surface area contributed by atoms with Crippen LogP contribution in [0.25, 0.3) is 0 Å². The van der Waals surface area contributed by atoms with Crippen LogP contribution >= 0.6 is 0 Å². The van der Waals surface area contributed by atoms with Crippen molar-refractivity contribution >= 4 is 12.0 Å². The standard InChI is InChI=1S/C15H24N2O4/c18-12-4-2-11(3-5-12)17-9-7-15(13(17)19)6-1-8-16(10-15)14(20)21/h11-12,18H,1-10H2,(H,20,21)/t11-,12-,15-/m0/s1. The Kier molecular flexibility index (Phi) is 3.82. The average molecular weight is 296 g/mol. The summed E-state index contributed by atoms with van der Waals surface area (Å²) in [5, 5.41) is 18.8. The van der Waals surface area contributed by atoms with E-state index in [4.69, 9.17) is 0 Å². The molecule has 118 valence electrons. The highest BCUT2D eigenvalue weighted by Crippen LogP contribution is 2.42. The maximum Gasteiger partial charge on any atom is 0.407 e. The van der Waals surface area contributed by atoms with Crippen molar-refractivity contribution in [3.63, 3.8) is 0 Å². The van der Waals surface area contributed by atoms with Crippen LogP contribution in [0.15, 0.2) is 0 Å². The van der Waals surface area contributed by atoms with Gasteiger partial charge in [-0.2, -0.15) is 0 Å². The van der Waals surface area contributed by atoms with Gasteiger partial charge in [0.05, 0.1) is 11.5 Å². The fourth-order valence-corrected chi connectivity index (χ4v) is 4.24. The van der Waals surface area contributed by atoms with Crippen molar-refractivity contribution in [1.82, 2.24) is 9.80 Å². The fraction of sp³-hybridized carbons (Fsp3) is 0.867. The molecule has 2 aliphatic heterocycles. The van der Waals surface area contributed by atoms with Gasteiger partial charge in [-0.1, -0.05) is 0 Å². The maximum absolute atomic E-state index is 12.9. The van der Waals surface area contributed by atoms with Gasteiger partial charge < -0.3 is 20.0 Å². The lowest BCUT2D eigenvalue weighted by atomic mass is 9.78. The molecule has 0 aromatic carbocycles. The minimum atomic E-state index is -0.916. The maximum atomic E-state index is 12.9. The number of piperidine rings is 1. The molecule has 2 heterocycles. The number of carbonyl (C=O) groups is 2. The molecule has 0 radical (unpaired) electrons. The van der Waals surface area contributed by atoms with Crippen LogP contribution in [0.3, 0.4) is 0 Å². The molecule has 21 heavy (non-hydrogen) atoms. The van der Waals surface area contributed by atoms with Gasteiger partial charge in [0, 0.05) is 25.7 Å². The van der Waals surface area contributed by atoms with Gasteiger partial charge in [0.1, 0.15) is 0 Å². The second-order valence-corrected chi connectivity index (χ2v) is 6.80. The number of hydrogen-bond acceptors (Lipinski definition) is 3. The SMILES string of the molecule is O=C(O)N1CCC[C@]2(CCN([C@H]3CC[C@H](O)CC3)C2=O)C1. The van der Waals surface area contributed by atoms with Gasteiger partial charge in [0.2, 0.25) is 5.91 Å². The summed E-state index contributed by atoms with van der Waals surface area (Å²) in [5.41, 5.74) is -0.479. The number of carboxylic acid groups (broad SMARTS) is 1. The van der Waals surface area contributed by atoms with Crippen LogP contribution in [0.4, 0.5) is 4.79 Å². The van der Waals surface area contributed by atoms with Crippen molar-refractivity contribution < 1.29 is 19.8 Å². The molecule has 1 spiro atoms. The van der Waals surface area contributed by atoms with E-state index in [0.717, 1.165) is 51.5 Å². The number of likely N-dealkylation sites (tertiary alicyclic amines) is 2. The molecule has 0 aromatic rings. The quantitative estimate of drug-likeness (QED) is 0.764. The highest BCUT2D eigenvalue weighted by molar-refractivity contribution is 5.86. The zero-order chi connectivity index (χ0) is 15.0. The van der Waals surface area contributed by atoms with Crippen molar-refractivity contribution in [2.45, 2.75) is 57.1 Å². The third kappa shape index (κ3) is 2.61. The molecule has 1 saturated carbocycles. The van der Waals surface area contributed by atoms with Gasteiger partial charge in [-0.05, 0) is 44.9 Å². The Morgan fingerprint density at radius 3 is 2.52 bits per heavy atom. The summed E-state index contributed by atoms with van der Waals surface area (Å²) in [4.78, 5) is 27.4. The highest BCUT2D eigenvalue weighted by atomic mass is 16.4. The summed E-state index contributed by atoms with van der Waals surface area (Å²) in [6, 6.07) is 0.237. The molecule has 2 N–H and O–H groups in total. The fourth-order valence-electron chi connectivity index (χ4n) is 4.24. The van der Waals surface area contributed by atoms with Crippen LogP contribution < -0.4 is 0 Å². The molecule has 3 rings (SSSR count). The molecule has 6 heteroatoms. The first kappa shape index (κ1) is 14.6. The van der Waals surface area contributed by atoms with Gasteiger partial charge in [0.15, 0.2) is 0 Å². The number of aliphatic hydroxyl groups is 1. The van der Waals surface area contributed by atoms with Gasteiger partial charge in [0.25, 0.3) is 0 Å². The third-order valence-corrected chi connectivity index (χ3v) is 5.50. The van der Waals surface area contributed by atoms with E-state index in [-0.39, 0.29) is 18.1 Å². The van der Waals surface area contributed by atoms with Crippen molar-refractivity contribution in [3.05, 3.63) is 0 Å². The molecule has 0 bridgehead atoms. The van der Waals surface area contributed by atoms with Crippen molar-refractivity contribution in [1.29, 1.82) is 0 Å². The minimum absolute atomic E-state index is 0.148. The van der Waals surface area contributed by atoms with Gasteiger partial charge in [-0.25, -0.2) is 4.79 Å². The number of amides is 2. The van der Waals surface area contributed by atoms with E-state index in [1.807, 2.05) is 4.90 Å². The second kappa shape index (κ2) is 5.48. The molecule has 2 amide bonds. The number of carbonyl (C=O) groups excluding carboxylic acids is 1. The minimum Gasteiger partial charge on any atom is -0.465 e. The summed E-state index contributed by atoms with van der Waals surface area (Å²) >= 11 is 0.